The Morgan fingerprint density at radius 2 is 1.92 bits per heavy atom. The summed E-state index contributed by atoms with van der Waals surface area (Å²) < 4.78 is 4.62. The molecule has 0 unspecified atom stereocenters. The van der Waals surface area contributed by atoms with Crippen molar-refractivity contribution in [3.8, 4) is 0 Å². The van der Waals surface area contributed by atoms with Gasteiger partial charge in [-0.15, -0.1) is 0 Å². The van der Waals surface area contributed by atoms with E-state index in [-0.39, 0.29) is 11.7 Å². The standard InChI is InChI=1S/C9H13NO3/c1-7(13-9(3)12)5-6-10(4)8(2)11/h5-6H,1H2,2-4H3. The maximum Gasteiger partial charge on any atom is 0.308 e. The fraction of sp³-hybridized carbons (Fsp3) is 0.333. The normalized spacial score (nSPS) is 9.77. The minimum atomic E-state index is -0.430. The Labute approximate surface area is 77.5 Å². The summed E-state index contributed by atoms with van der Waals surface area (Å²) in [4.78, 5) is 22.5. The Morgan fingerprint density at radius 1 is 1.38 bits per heavy atom. The van der Waals surface area contributed by atoms with Gasteiger partial charge < -0.3 is 9.64 Å². The molecule has 0 bridgehead atoms. The lowest BCUT2D eigenvalue weighted by Crippen LogP contribution is -2.16. The number of carbonyl (C=O) groups is 2. The maximum atomic E-state index is 10.7. The highest BCUT2D eigenvalue weighted by atomic mass is 16.5. The van der Waals surface area contributed by atoms with Crippen molar-refractivity contribution in [2.75, 3.05) is 7.05 Å². The molecule has 0 atom stereocenters. The third-order valence-corrected chi connectivity index (χ3v) is 1.26. The van der Waals surface area contributed by atoms with Crippen molar-refractivity contribution >= 4 is 11.9 Å². The molecule has 72 valence electrons. The van der Waals surface area contributed by atoms with Crippen LogP contribution in [-0.4, -0.2) is 23.8 Å². The third kappa shape index (κ3) is 5.66. The first-order valence-electron chi connectivity index (χ1n) is 3.72. The lowest BCUT2D eigenvalue weighted by atomic mass is 10.5. The van der Waals surface area contributed by atoms with E-state index in [0.29, 0.717) is 0 Å². The quantitative estimate of drug-likeness (QED) is 0.373. The van der Waals surface area contributed by atoms with Gasteiger partial charge in [0, 0.05) is 27.1 Å². The number of ether oxygens (including phenoxy) is 1. The van der Waals surface area contributed by atoms with Crippen LogP contribution in [0, 0.1) is 0 Å². The van der Waals surface area contributed by atoms with E-state index < -0.39 is 5.97 Å². The van der Waals surface area contributed by atoms with Gasteiger partial charge >= 0.3 is 5.97 Å². The van der Waals surface area contributed by atoms with Crippen LogP contribution in [0.1, 0.15) is 13.8 Å². The summed E-state index contributed by atoms with van der Waals surface area (Å²) in [6, 6.07) is 0. The molecule has 0 aromatic heterocycles. The molecule has 0 fully saturated rings. The molecule has 13 heavy (non-hydrogen) atoms. The Bertz CT molecular complexity index is 256. The number of allylic oxidation sites excluding steroid dienone is 1. The lowest BCUT2D eigenvalue weighted by Gasteiger charge is -2.07. The summed E-state index contributed by atoms with van der Waals surface area (Å²) in [6.07, 6.45) is 2.93. The molecule has 1 amide bonds. The number of amides is 1. The van der Waals surface area contributed by atoms with Crippen molar-refractivity contribution in [3.05, 3.63) is 24.6 Å². The molecule has 0 aliphatic carbocycles. The van der Waals surface area contributed by atoms with Crippen LogP contribution in [-0.2, 0) is 14.3 Å². The van der Waals surface area contributed by atoms with E-state index in [9.17, 15) is 9.59 Å². The molecule has 0 radical (unpaired) electrons. The zero-order valence-electron chi connectivity index (χ0n) is 8.03. The molecule has 0 aromatic rings. The monoisotopic (exact) mass is 183 g/mol. The first kappa shape index (κ1) is 11.4. The minimum absolute atomic E-state index is 0.105. The Kier molecular flexibility index (Phi) is 4.51. The van der Waals surface area contributed by atoms with Gasteiger partial charge in [-0.2, -0.15) is 0 Å². The smallest absolute Gasteiger partial charge is 0.308 e. The van der Waals surface area contributed by atoms with Crippen LogP contribution in [0.5, 0.6) is 0 Å². The molecular weight excluding hydrogens is 170 g/mol. The Hall–Kier alpha value is -1.58. The van der Waals surface area contributed by atoms with Gasteiger partial charge in [-0.3, -0.25) is 9.59 Å². The van der Waals surface area contributed by atoms with Crippen LogP contribution < -0.4 is 0 Å². The molecule has 0 rings (SSSR count). The van der Waals surface area contributed by atoms with Crippen molar-refractivity contribution in [2.45, 2.75) is 13.8 Å². The number of carbonyl (C=O) groups excluding carboxylic acids is 2. The number of rotatable bonds is 3. The van der Waals surface area contributed by atoms with Crippen LogP contribution in [0.3, 0.4) is 0 Å². The number of hydrogen-bond acceptors (Lipinski definition) is 3. The van der Waals surface area contributed by atoms with Crippen LogP contribution in [0.25, 0.3) is 0 Å². The van der Waals surface area contributed by atoms with Crippen molar-refractivity contribution < 1.29 is 14.3 Å². The molecule has 0 aromatic carbocycles. The predicted octanol–water partition coefficient (Wildman–Crippen LogP) is 1.06. The van der Waals surface area contributed by atoms with E-state index >= 15 is 0 Å². The molecule has 0 aliphatic heterocycles. The van der Waals surface area contributed by atoms with Crippen molar-refractivity contribution in [3.63, 3.8) is 0 Å². The summed E-state index contributed by atoms with van der Waals surface area (Å²) >= 11 is 0. The highest BCUT2D eigenvalue weighted by molar-refractivity contribution is 5.74. The molecule has 0 saturated carbocycles. The second-order valence-electron chi connectivity index (χ2n) is 2.51. The molecule has 0 aliphatic rings. The summed E-state index contributed by atoms with van der Waals surface area (Å²) in [5.41, 5.74) is 0. The van der Waals surface area contributed by atoms with Crippen molar-refractivity contribution in [1.82, 2.24) is 4.90 Å². The van der Waals surface area contributed by atoms with E-state index in [2.05, 4.69) is 11.3 Å². The number of esters is 1. The third-order valence-electron chi connectivity index (χ3n) is 1.26. The van der Waals surface area contributed by atoms with E-state index in [1.54, 1.807) is 7.05 Å². The molecule has 0 saturated heterocycles. The maximum absolute atomic E-state index is 10.7. The molecule has 0 spiro atoms. The topological polar surface area (TPSA) is 46.6 Å². The molecule has 0 N–H and O–H groups in total. The van der Waals surface area contributed by atoms with Gasteiger partial charge in [-0.1, -0.05) is 6.58 Å². The fourth-order valence-corrected chi connectivity index (χ4v) is 0.519. The SMILES string of the molecule is C=C(C=CN(C)C(C)=O)OC(C)=O. The average Bonchev–Trinajstić information content (AvgIpc) is 1.98. The van der Waals surface area contributed by atoms with E-state index in [1.165, 1.54) is 31.0 Å². The highest BCUT2D eigenvalue weighted by Gasteiger charge is 1.97. The Balaban J connectivity index is 4.04. The van der Waals surface area contributed by atoms with Crippen LogP contribution in [0.15, 0.2) is 24.6 Å². The van der Waals surface area contributed by atoms with E-state index in [4.69, 9.17) is 0 Å². The average molecular weight is 183 g/mol. The Morgan fingerprint density at radius 3 is 2.31 bits per heavy atom. The van der Waals surface area contributed by atoms with Gasteiger partial charge in [-0.05, 0) is 6.08 Å². The number of nitrogens with zero attached hydrogens (tertiary/aromatic N) is 1. The molecule has 4 nitrogen and oxygen atoms in total. The van der Waals surface area contributed by atoms with Gasteiger partial charge in [0.2, 0.25) is 5.91 Å². The lowest BCUT2D eigenvalue weighted by molar-refractivity contribution is -0.136. The molecule has 4 heteroatoms. The first-order chi connectivity index (χ1) is 5.93. The molecule has 0 heterocycles. The van der Waals surface area contributed by atoms with Crippen LogP contribution >= 0.6 is 0 Å². The van der Waals surface area contributed by atoms with E-state index in [0.717, 1.165) is 0 Å². The predicted molar refractivity (Wildman–Crippen MR) is 48.5 cm³/mol. The zero-order chi connectivity index (χ0) is 10.4. The largest absolute Gasteiger partial charge is 0.427 e. The second kappa shape index (κ2) is 5.13. The van der Waals surface area contributed by atoms with Gasteiger partial charge in [0.1, 0.15) is 5.76 Å². The number of hydrogen-bond donors (Lipinski definition) is 0. The minimum Gasteiger partial charge on any atom is -0.427 e. The van der Waals surface area contributed by atoms with E-state index in [1.807, 2.05) is 0 Å². The zero-order valence-corrected chi connectivity index (χ0v) is 8.03. The fourth-order valence-electron chi connectivity index (χ4n) is 0.519. The van der Waals surface area contributed by atoms with Crippen LogP contribution in [0.4, 0.5) is 0 Å². The first-order valence-corrected chi connectivity index (χ1v) is 3.72. The summed E-state index contributed by atoms with van der Waals surface area (Å²) in [6.45, 7) is 6.17. The highest BCUT2D eigenvalue weighted by Crippen LogP contribution is 1.97. The summed E-state index contributed by atoms with van der Waals surface area (Å²) in [5, 5.41) is 0. The summed E-state index contributed by atoms with van der Waals surface area (Å²) in [5.74, 6) is -0.326. The van der Waals surface area contributed by atoms with Crippen LogP contribution in [0.2, 0.25) is 0 Å². The second-order valence-corrected chi connectivity index (χ2v) is 2.51. The summed E-state index contributed by atoms with van der Waals surface area (Å²) in [7, 11) is 1.60. The van der Waals surface area contributed by atoms with Gasteiger partial charge in [-0.25, -0.2) is 0 Å². The van der Waals surface area contributed by atoms with Gasteiger partial charge in [0.25, 0.3) is 0 Å². The van der Waals surface area contributed by atoms with Gasteiger partial charge in [0.05, 0.1) is 0 Å². The molecular formula is C9H13NO3. The van der Waals surface area contributed by atoms with Crippen molar-refractivity contribution in [2.24, 2.45) is 0 Å². The van der Waals surface area contributed by atoms with Crippen molar-refractivity contribution in [1.29, 1.82) is 0 Å². The van der Waals surface area contributed by atoms with Gasteiger partial charge in [0.15, 0.2) is 0 Å².